The van der Waals surface area contributed by atoms with Gasteiger partial charge in [-0.25, -0.2) is 14.8 Å². The smallest absolute Gasteiger partial charge is 0.318 e. The molecular formula is C18H22N4O2. The molecule has 0 radical (unpaired) electrons. The van der Waals surface area contributed by atoms with Crippen molar-refractivity contribution in [3.05, 3.63) is 48.5 Å². The topological polar surface area (TPSA) is 67.4 Å². The lowest BCUT2D eigenvalue weighted by atomic mass is 10.0. The van der Waals surface area contributed by atoms with E-state index in [0.717, 1.165) is 16.7 Å². The number of hydrogen-bond donors (Lipinski definition) is 1. The average Bonchev–Trinajstić information content (AvgIpc) is 2.63. The first-order chi connectivity index (χ1) is 11.6. The van der Waals surface area contributed by atoms with Crippen LogP contribution in [-0.2, 0) is 4.74 Å². The molecule has 0 aliphatic carbocycles. The lowest BCUT2D eigenvalue weighted by molar-refractivity contribution is 0.0185. The summed E-state index contributed by atoms with van der Waals surface area (Å²) in [6.07, 6.45) is 5.09. The maximum atomic E-state index is 12.4. The number of nitrogens with one attached hydrogen (secondary N) is 1. The molecule has 126 valence electrons. The van der Waals surface area contributed by atoms with E-state index >= 15 is 0 Å². The maximum Gasteiger partial charge on any atom is 0.318 e. The molecule has 24 heavy (non-hydrogen) atoms. The number of carbonyl (C=O) groups is 1. The minimum Gasteiger partial charge on any atom is -0.377 e. The standard InChI is InChI=1S/C18H22N4O2/c1-13-11-24-8-7-22(13)18(23)21-14(2)15-3-5-16(6-4-15)17-9-19-12-20-10-17/h3-6,9-10,12-14H,7-8,11H2,1-2H3,(H,21,23)/t13-,14+/m1/s1. The van der Waals surface area contributed by atoms with Gasteiger partial charge in [-0.05, 0) is 25.0 Å². The SMILES string of the molecule is C[C@H](NC(=O)N1CCOC[C@H]1C)c1ccc(-c2cncnc2)cc1. The van der Waals surface area contributed by atoms with Crippen LogP contribution < -0.4 is 5.32 Å². The van der Waals surface area contributed by atoms with Gasteiger partial charge in [-0.2, -0.15) is 0 Å². The van der Waals surface area contributed by atoms with Crippen molar-refractivity contribution in [1.82, 2.24) is 20.2 Å². The Morgan fingerprint density at radius 1 is 1.25 bits per heavy atom. The Balaban J connectivity index is 1.64. The molecule has 1 fully saturated rings. The molecule has 2 amide bonds. The van der Waals surface area contributed by atoms with Crippen LogP contribution in [0.5, 0.6) is 0 Å². The van der Waals surface area contributed by atoms with E-state index in [1.165, 1.54) is 6.33 Å². The Bertz CT molecular complexity index is 675. The predicted molar refractivity (Wildman–Crippen MR) is 91.4 cm³/mol. The Morgan fingerprint density at radius 3 is 2.62 bits per heavy atom. The van der Waals surface area contributed by atoms with E-state index in [9.17, 15) is 4.79 Å². The average molecular weight is 326 g/mol. The van der Waals surface area contributed by atoms with Gasteiger partial charge in [0.25, 0.3) is 0 Å². The second kappa shape index (κ2) is 7.40. The van der Waals surface area contributed by atoms with Crippen molar-refractivity contribution in [2.45, 2.75) is 25.9 Å². The number of ether oxygens (including phenoxy) is 1. The van der Waals surface area contributed by atoms with Gasteiger partial charge >= 0.3 is 6.03 Å². The maximum absolute atomic E-state index is 12.4. The van der Waals surface area contributed by atoms with Gasteiger partial charge in [0.05, 0.1) is 25.3 Å². The lowest BCUT2D eigenvalue weighted by Crippen LogP contribution is -2.51. The van der Waals surface area contributed by atoms with E-state index in [4.69, 9.17) is 4.74 Å². The molecule has 0 unspecified atom stereocenters. The zero-order chi connectivity index (χ0) is 16.9. The molecule has 6 heteroatoms. The van der Waals surface area contributed by atoms with Crippen molar-refractivity contribution >= 4 is 6.03 Å². The van der Waals surface area contributed by atoms with E-state index in [0.29, 0.717) is 19.8 Å². The second-order valence-electron chi connectivity index (χ2n) is 6.04. The number of benzene rings is 1. The highest BCUT2D eigenvalue weighted by molar-refractivity contribution is 5.75. The molecule has 3 rings (SSSR count). The fraction of sp³-hybridized carbons (Fsp3) is 0.389. The largest absolute Gasteiger partial charge is 0.377 e. The van der Waals surface area contributed by atoms with Crippen molar-refractivity contribution in [3.8, 4) is 11.1 Å². The number of urea groups is 1. The molecule has 2 aromatic rings. The Labute approximate surface area is 141 Å². The van der Waals surface area contributed by atoms with Crippen LogP contribution in [0.25, 0.3) is 11.1 Å². The highest BCUT2D eigenvalue weighted by Gasteiger charge is 2.24. The van der Waals surface area contributed by atoms with Crippen LogP contribution in [0.4, 0.5) is 4.79 Å². The molecule has 6 nitrogen and oxygen atoms in total. The highest BCUT2D eigenvalue weighted by atomic mass is 16.5. The summed E-state index contributed by atoms with van der Waals surface area (Å²) in [5, 5.41) is 3.06. The van der Waals surface area contributed by atoms with Gasteiger partial charge in [0, 0.05) is 24.5 Å². The van der Waals surface area contributed by atoms with Crippen LogP contribution in [-0.4, -0.2) is 46.7 Å². The molecule has 1 N–H and O–H groups in total. The van der Waals surface area contributed by atoms with E-state index in [-0.39, 0.29) is 18.1 Å². The Hall–Kier alpha value is -2.47. The fourth-order valence-corrected chi connectivity index (χ4v) is 2.79. The van der Waals surface area contributed by atoms with Crippen LogP contribution in [0.1, 0.15) is 25.5 Å². The van der Waals surface area contributed by atoms with Crippen molar-refractivity contribution in [1.29, 1.82) is 0 Å². The number of amides is 2. The molecule has 2 heterocycles. The lowest BCUT2D eigenvalue weighted by Gasteiger charge is -2.34. The second-order valence-corrected chi connectivity index (χ2v) is 6.04. The number of rotatable bonds is 3. The summed E-state index contributed by atoms with van der Waals surface area (Å²) in [7, 11) is 0. The highest BCUT2D eigenvalue weighted by Crippen LogP contribution is 2.21. The van der Waals surface area contributed by atoms with Gasteiger partial charge in [-0.15, -0.1) is 0 Å². The minimum absolute atomic E-state index is 0.0427. The zero-order valence-electron chi connectivity index (χ0n) is 14.0. The summed E-state index contributed by atoms with van der Waals surface area (Å²) in [6.45, 7) is 5.81. The first kappa shape index (κ1) is 16.4. The van der Waals surface area contributed by atoms with Crippen molar-refractivity contribution in [3.63, 3.8) is 0 Å². The summed E-state index contributed by atoms with van der Waals surface area (Å²) >= 11 is 0. The minimum atomic E-state index is -0.0615. The Morgan fingerprint density at radius 2 is 1.96 bits per heavy atom. The summed E-state index contributed by atoms with van der Waals surface area (Å²) in [6, 6.07) is 8.09. The summed E-state index contributed by atoms with van der Waals surface area (Å²) in [5.41, 5.74) is 3.09. The molecule has 2 atom stereocenters. The molecule has 1 saturated heterocycles. The molecule has 1 aliphatic heterocycles. The van der Waals surface area contributed by atoms with E-state index < -0.39 is 0 Å². The fourth-order valence-electron chi connectivity index (χ4n) is 2.79. The number of carbonyl (C=O) groups excluding carboxylic acids is 1. The van der Waals surface area contributed by atoms with E-state index in [1.54, 1.807) is 12.4 Å². The normalized spacial score (nSPS) is 18.9. The number of hydrogen-bond acceptors (Lipinski definition) is 4. The third-order valence-electron chi connectivity index (χ3n) is 4.27. The molecule has 0 bridgehead atoms. The molecule has 1 aliphatic rings. The first-order valence-electron chi connectivity index (χ1n) is 8.15. The molecule has 1 aromatic carbocycles. The molecule has 1 aromatic heterocycles. The van der Waals surface area contributed by atoms with Crippen LogP contribution >= 0.6 is 0 Å². The predicted octanol–water partition coefficient (Wildman–Crippen LogP) is 2.63. The summed E-state index contributed by atoms with van der Waals surface area (Å²) in [5.74, 6) is 0. The third-order valence-corrected chi connectivity index (χ3v) is 4.27. The monoisotopic (exact) mass is 326 g/mol. The molecule has 0 saturated carbocycles. The van der Waals surface area contributed by atoms with Crippen molar-refractivity contribution < 1.29 is 9.53 Å². The van der Waals surface area contributed by atoms with Gasteiger partial charge in [0.2, 0.25) is 0 Å². The van der Waals surface area contributed by atoms with Gasteiger partial charge in [-0.3, -0.25) is 0 Å². The van der Waals surface area contributed by atoms with Crippen LogP contribution in [0.15, 0.2) is 43.0 Å². The Kier molecular flexibility index (Phi) is 5.05. The van der Waals surface area contributed by atoms with E-state index in [1.807, 2.05) is 43.0 Å². The zero-order valence-corrected chi connectivity index (χ0v) is 14.0. The summed E-state index contributed by atoms with van der Waals surface area (Å²) in [4.78, 5) is 22.3. The van der Waals surface area contributed by atoms with Crippen molar-refractivity contribution in [2.24, 2.45) is 0 Å². The van der Waals surface area contributed by atoms with Gasteiger partial charge < -0.3 is 15.0 Å². The quantitative estimate of drug-likeness (QED) is 0.941. The summed E-state index contributed by atoms with van der Waals surface area (Å²) < 4.78 is 5.38. The van der Waals surface area contributed by atoms with Crippen LogP contribution in [0.3, 0.4) is 0 Å². The van der Waals surface area contributed by atoms with Crippen LogP contribution in [0.2, 0.25) is 0 Å². The molecular weight excluding hydrogens is 304 g/mol. The van der Waals surface area contributed by atoms with Crippen molar-refractivity contribution in [2.75, 3.05) is 19.8 Å². The van der Waals surface area contributed by atoms with Gasteiger partial charge in [0.1, 0.15) is 6.33 Å². The van der Waals surface area contributed by atoms with Crippen LogP contribution in [0, 0.1) is 0 Å². The number of morpholine rings is 1. The third kappa shape index (κ3) is 3.71. The number of nitrogens with zero attached hydrogens (tertiary/aromatic N) is 3. The number of aromatic nitrogens is 2. The van der Waals surface area contributed by atoms with E-state index in [2.05, 4.69) is 15.3 Å². The van der Waals surface area contributed by atoms with Gasteiger partial charge in [0.15, 0.2) is 0 Å². The first-order valence-corrected chi connectivity index (χ1v) is 8.15. The molecule has 0 spiro atoms. The van der Waals surface area contributed by atoms with Gasteiger partial charge in [-0.1, -0.05) is 24.3 Å².